The van der Waals surface area contributed by atoms with Crippen LogP contribution in [0.1, 0.15) is 25.5 Å². The Bertz CT molecular complexity index is 695. The minimum absolute atomic E-state index is 0.00289. The number of nitrogens with one attached hydrogen (secondary N) is 2. The lowest BCUT2D eigenvalue weighted by Crippen LogP contribution is -2.40. The summed E-state index contributed by atoms with van der Waals surface area (Å²) in [5.41, 5.74) is 1.51. The van der Waals surface area contributed by atoms with Crippen molar-refractivity contribution in [3.8, 4) is 5.69 Å². The largest absolute Gasteiger partial charge is 0.314 e. The number of benzene rings is 1. The van der Waals surface area contributed by atoms with Gasteiger partial charge in [-0.2, -0.15) is 5.10 Å². The molecule has 122 valence electrons. The number of carbonyl (C=O) groups is 1. The molecule has 0 unspecified atom stereocenters. The number of amides is 1. The Morgan fingerprint density at radius 1 is 1.39 bits per heavy atom. The van der Waals surface area contributed by atoms with Crippen molar-refractivity contribution in [2.45, 2.75) is 32.7 Å². The summed E-state index contributed by atoms with van der Waals surface area (Å²) >= 11 is 0. The Labute approximate surface area is 134 Å². The zero-order chi connectivity index (χ0) is 16.4. The van der Waals surface area contributed by atoms with Gasteiger partial charge in [-0.15, -0.1) is 0 Å². The molecule has 0 spiro atoms. The van der Waals surface area contributed by atoms with Crippen LogP contribution in [0.25, 0.3) is 5.69 Å². The quantitative estimate of drug-likeness (QED) is 0.915. The Kier molecular flexibility index (Phi) is 4.43. The van der Waals surface area contributed by atoms with Gasteiger partial charge in [-0.3, -0.25) is 4.79 Å². The molecule has 2 N–H and O–H groups in total. The molecule has 1 aliphatic rings. The molecule has 0 bridgehead atoms. The normalized spacial score (nSPS) is 21.2. The van der Waals surface area contributed by atoms with Gasteiger partial charge in [-0.05, 0) is 57.5 Å². The molecule has 2 aromatic rings. The summed E-state index contributed by atoms with van der Waals surface area (Å²) < 4.78 is 14.7. The van der Waals surface area contributed by atoms with E-state index in [2.05, 4.69) is 22.7 Å². The molecule has 2 atom stereocenters. The fourth-order valence-electron chi connectivity index (χ4n) is 2.97. The summed E-state index contributed by atoms with van der Waals surface area (Å²) in [6.45, 7) is 4.81. The Morgan fingerprint density at radius 2 is 2.13 bits per heavy atom. The van der Waals surface area contributed by atoms with Crippen molar-refractivity contribution in [2.75, 3.05) is 11.9 Å². The van der Waals surface area contributed by atoms with Crippen LogP contribution in [0.5, 0.6) is 0 Å². The van der Waals surface area contributed by atoms with Gasteiger partial charge in [0, 0.05) is 18.0 Å². The van der Waals surface area contributed by atoms with Crippen LogP contribution in [-0.4, -0.2) is 28.3 Å². The molecule has 0 saturated carbocycles. The molecule has 0 radical (unpaired) electrons. The number of nitrogens with zero attached hydrogens (tertiary/aromatic N) is 2. The van der Waals surface area contributed by atoms with Gasteiger partial charge in [0.1, 0.15) is 11.6 Å². The smallest absolute Gasteiger partial charge is 0.228 e. The van der Waals surface area contributed by atoms with E-state index in [-0.39, 0.29) is 17.6 Å². The predicted molar refractivity (Wildman–Crippen MR) is 87.1 cm³/mol. The Balaban J connectivity index is 1.80. The van der Waals surface area contributed by atoms with Gasteiger partial charge in [-0.25, -0.2) is 9.07 Å². The summed E-state index contributed by atoms with van der Waals surface area (Å²) in [5.74, 6) is 0.335. The summed E-state index contributed by atoms with van der Waals surface area (Å²) in [5, 5.41) is 10.7. The van der Waals surface area contributed by atoms with Gasteiger partial charge >= 0.3 is 0 Å². The van der Waals surface area contributed by atoms with Gasteiger partial charge < -0.3 is 10.6 Å². The van der Waals surface area contributed by atoms with Crippen molar-refractivity contribution in [1.82, 2.24) is 15.1 Å². The predicted octanol–water partition coefficient (Wildman–Crippen LogP) is 2.65. The SMILES string of the molecule is Cc1cc(NC(=O)[C@H]2CCN[C@@H](C)C2)n(-c2ccc(F)cc2)n1. The third-order valence-electron chi connectivity index (χ3n) is 4.15. The van der Waals surface area contributed by atoms with Crippen molar-refractivity contribution < 1.29 is 9.18 Å². The lowest BCUT2D eigenvalue weighted by Gasteiger charge is -2.27. The van der Waals surface area contributed by atoms with Crippen molar-refractivity contribution in [3.05, 3.63) is 41.8 Å². The molecule has 2 heterocycles. The van der Waals surface area contributed by atoms with Crippen molar-refractivity contribution >= 4 is 11.7 Å². The second kappa shape index (κ2) is 6.50. The molecule has 0 aliphatic carbocycles. The molecule has 1 aromatic carbocycles. The molecule has 6 heteroatoms. The fourth-order valence-corrected chi connectivity index (χ4v) is 2.97. The number of piperidine rings is 1. The van der Waals surface area contributed by atoms with Gasteiger partial charge in [0.05, 0.1) is 11.4 Å². The van der Waals surface area contributed by atoms with E-state index < -0.39 is 0 Å². The lowest BCUT2D eigenvalue weighted by molar-refractivity contribution is -0.120. The molecule has 5 nitrogen and oxygen atoms in total. The average molecular weight is 316 g/mol. The Morgan fingerprint density at radius 3 is 2.83 bits per heavy atom. The van der Waals surface area contributed by atoms with Crippen LogP contribution in [0.15, 0.2) is 30.3 Å². The van der Waals surface area contributed by atoms with Gasteiger partial charge in [0.25, 0.3) is 0 Å². The highest BCUT2D eigenvalue weighted by Gasteiger charge is 2.25. The summed E-state index contributed by atoms with van der Waals surface area (Å²) in [7, 11) is 0. The number of carbonyl (C=O) groups excluding carboxylic acids is 1. The molecule has 23 heavy (non-hydrogen) atoms. The monoisotopic (exact) mass is 316 g/mol. The summed E-state index contributed by atoms with van der Waals surface area (Å²) in [6, 6.07) is 8.22. The maximum Gasteiger partial charge on any atom is 0.228 e. The molecule has 1 aliphatic heterocycles. The minimum Gasteiger partial charge on any atom is -0.314 e. The van der Waals surface area contributed by atoms with Crippen molar-refractivity contribution in [1.29, 1.82) is 0 Å². The van der Waals surface area contributed by atoms with Crippen LogP contribution in [0.2, 0.25) is 0 Å². The highest BCUT2D eigenvalue weighted by molar-refractivity contribution is 5.92. The van der Waals surface area contributed by atoms with E-state index in [0.717, 1.165) is 25.1 Å². The number of rotatable bonds is 3. The van der Waals surface area contributed by atoms with Crippen molar-refractivity contribution in [2.24, 2.45) is 5.92 Å². The third kappa shape index (κ3) is 3.59. The van der Waals surface area contributed by atoms with Crippen molar-refractivity contribution in [3.63, 3.8) is 0 Å². The van der Waals surface area contributed by atoms with Crippen LogP contribution in [0.4, 0.5) is 10.2 Å². The van der Waals surface area contributed by atoms with E-state index in [1.54, 1.807) is 16.8 Å². The first-order valence-corrected chi connectivity index (χ1v) is 7.90. The van der Waals surface area contributed by atoms with E-state index in [9.17, 15) is 9.18 Å². The van der Waals surface area contributed by atoms with Crippen LogP contribution in [0.3, 0.4) is 0 Å². The highest BCUT2D eigenvalue weighted by Crippen LogP contribution is 2.21. The number of hydrogen-bond donors (Lipinski definition) is 2. The molecular formula is C17H21FN4O. The highest BCUT2D eigenvalue weighted by atomic mass is 19.1. The van der Waals surface area contributed by atoms with Crippen LogP contribution in [0, 0.1) is 18.7 Å². The second-order valence-electron chi connectivity index (χ2n) is 6.12. The Hall–Kier alpha value is -2.21. The van der Waals surface area contributed by atoms with Crippen LogP contribution >= 0.6 is 0 Å². The first kappa shape index (κ1) is 15.7. The molecule has 3 rings (SSSR count). The number of aryl methyl sites for hydroxylation is 1. The van der Waals surface area contributed by atoms with E-state index >= 15 is 0 Å². The van der Waals surface area contributed by atoms with Gasteiger partial charge in [-0.1, -0.05) is 0 Å². The van der Waals surface area contributed by atoms with E-state index in [4.69, 9.17) is 0 Å². The first-order chi connectivity index (χ1) is 11.0. The number of anilines is 1. The van der Waals surface area contributed by atoms with E-state index in [1.165, 1.54) is 12.1 Å². The molecule has 1 aromatic heterocycles. The molecule has 1 saturated heterocycles. The lowest BCUT2D eigenvalue weighted by atomic mass is 9.92. The van der Waals surface area contributed by atoms with Gasteiger partial charge in [0.2, 0.25) is 5.91 Å². The number of hydrogen-bond acceptors (Lipinski definition) is 3. The average Bonchev–Trinajstić information content (AvgIpc) is 2.88. The van der Waals surface area contributed by atoms with Crippen LogP contribution in [-0.2, 0) is 4.79 Å². The van der Waals surface area contributed by atoms with Gasteiger partial charge in [0.15, 0.2) is 0 Å². The zero-order valence-electron chi connectivity index (χ0n) is 13.3. The summed E-state index contributed by atoms with van der Waals surface area (Å²) in [6.07, 6.45) is 1.66. The minimum atomic E-state index is -0.299. The van der Waals surface area contributed by atoms with E-state index in [1.807, 2.05) is 13.0 Å². The number of aromatic nitrogens is 2. The zero-order valence-corrected chi connectivity index (χ0v) is 13.3. The second-order valence-corrected chi connectivity index (χ2v) is 6.12. The van der Waals surface area contributed by atoms with E-state index in [0.29, 0.717) is 17.5 Å². The van der Waals surface area contributed by atoms with Crippen LogP contribution < -0.4 is 10.6 Å². The topological polar surface area (TPSA) is 59.0 Å². The third-order valence-corrected chi connectivity index (χ3v) is 4.15. The summed E-state index contributed by atoms with van der Waals surface area (Å²) in [4.78, 5) is 12.5. The fraction of sp³-hybridized carbons (Fsp3) is 0.412. The maximum absolute atomic E-state index is 13.1. The first-order valence-electron chi connectivity index (χ1n) is 7.90. The number of halogens is 1. The standard InChI is InChI=1S/C17H21FN4O/c1-11-9-13(7-8-19-11)17(23)20-16-10-12(2)21-22(16)15-5-3-14(18)4-6-15/h3-6,10-11,13,19H,7-9H2,1-2H3,(H,20,23)/t11-,13-/m0/s1. The maximum atomic E-state index is 13.1. The molecular weight excluding hydrogens is 295 g/mol. The molecule has 1 amide bonds. The molecule has 1 fully saturated rings.